The zero-order valence-electron chi connectivity index (χ0n) is 16.1. The molecule has 1 aliphatic rings. The summed E-state index contributed by atoms with van der Waals surface area (Å²) in [4.78, 5) is 15.0. The molecule has 1 N–H and O–H groups in total. The molecule has 0 atom stereocenters. The van der Waals surface area contributed by atoms with E-state index in [0.717, 1.165) is 32.8 Å². The Morgan fingerprint density at radius 1 is 1.00 bits per heavy atom. The highest BCUT2D eigenvalue weighted by Gasteiger charge is 2.14. The number of benzene rings is 2. The smallest absolute Gasteiger partial charge is 0.292 e. The first-order chi connectivity index (χ1) is 14.2. The number of ether oxygens (including phenoxy) is 1. The van der Waals surface area contributed by atoms with Gasteiger partial charge >= 0.3 is 0 Å². The molecule has 150 valence electrons. The number of hydrogen-bond donors (Lipinski definition) is 1. The number of rotatable bonds is 6. The summed E-state index contributed by atoms with van der Waals surface area (Å²) < 4.78 is 6.74. The molecule has 2 aromatic carbocycles. The first-order valence-electron chi connectivity index (χ1n) is 9.66. The fraction of sp³-hybridized carbons (Fsp3) is 0.273. The van der Waals surface area contributed by atoms with E-state index in [-0.39, 0.29) is 10.6 Å². The third-order valence-corrected chi connectivity index (χ3v) is 5.37. The van der Waals surface area contributed by atoms with Crippen molar-refractivity contribution in [2.24, 2.45) is 0 Å². The molecule has 2 heterocycles. The maximum absolute atomic E-state index is 12.6. The summed E-state index contributed by atoms with van der Waals surface area (Å²) in [5, 5.41) is 7.68. The second-order valence-electron chi connectivity index (χ2n) is 6.94. The summed E-state index contributed by atoms with van der Waals surface area (Å²) in [5.41, 5.74) is 3.29. The lowest BCUT2D eigenvalue weighted by Crippen LogP contribution is -2.35. The molecule has 0 unspecified atom stereocenters. The zero-order valence-corrected chi connectivity index (χ0v) is 16.8. The standard InChI is InChI=1S/C22H23ClN4O2/c23-21-20(15-25-27(22(21)28)19-8-2-1-3-9-19)24-14-17-6-4-5-7-18(17)16-26-10-12-29-13-11-26/h1-9,15,24H,10-14,16H2. The van der Waals surface area contributed by atoms with Gasteiger partial charge in [0.05, 0.1) is 30.8 Å². The van der Waals surface area contributed by atoms with Crippen molar-refractivity contribution in [3.05, 3.63) is 87.3 Å². The molecule has 0 radical (unpaired) electrons. The van der Waals surface area contributed by atoms with E-state index in [1.165, 1.54) is 15.8 Å². The summed E-state index contributed by atoms with van der Waals surface area (Å²) in [6.07, 6.45) is 1.60. The molecular weight excluding hydrogens is 388 g/mol. The molecule has 3 aromatic rings. The minimum Gasteiger partial charge on any atom is -0.379 e. The van der Waals surface area contributed by atoms with E-state index in [1.54, 1.807) is 6.20 Å². The molecule has 1 fully saturated rings. The van der Waals surface area contributed by atoms with Crippen LogP contribution in [0.15, 0.2) is 65.6 Å². The van der Waals surface area contributed by atoms with Crippen LogP contribution in [-0.4, -0.2) is 41.0 Å². The molecular formula is C22H23ClN4O2. The fourth-order valence-electron chi connectivity index (χ4n) is 3.38. The van der Waals surface area contributed by atoms with E-state index in [0.29, 0.717) is 17.9 Å². The van der Waals surface area contributed by atoms with Crippen LogP contribution in [0.1, 0.15) is 11.1 Å². The molecule has 1 aliphatic heterocycles. The first-order valence-corrected chi connectivity index (χ1v) is 10.0. The number of nitrogens with zero attached hydrogens (tertiary/aromatic N) is 3. The fourth-order valence-corrected chi connectivity index (χ4v) is 3.58. The number of hydrogen-bond acceptors (Lipinski definition) is 5. The molecule has 0 amide bonds. The van der Waals surface area contributed by atoms with Gasteiger partial charge in [0.2, 0.25) is 0 Å². The van der Waals surface area contributed by atoms with Crippen molar-refractivity contribution in [3.63, 3.8) is 0 Å². The van der Waals surface area contributed by atoms with Gasteiger partial charge in [-0.3, -0.25) is 9.69 Å². The number of halogens is 1. The molecule has 7 heteroatoms. The van der Waals surface area contributed by atoms with Crippen LogP contribution >= 0.6 is 11.6 Å². The second kappa shape index (κ2) is 9.22. The Kier molecular flexibility index (Phi) is 6.24. The summed E-state index contributed by atoms with van der Waals surface area (Å²) in [6, 6.07) is 17.5. The van der Waals surface area contributed by atoms with Crippen LogP contribution in [0.4, 0.5) is 5.69 Å². The average molecular weight is 411 g/mol. The van der Waals surface area contributed by atoms with Gasteiger partial charge in [0.25, 0.3) is 5.56 Å². The summed E-state index contributed by atoms with van der Waals surface area (Å²) in [5.74, 6) is 0. The quantitative estimate of drug-likeness (QED) is 0.675. The summed E-state index contributed by atoms with van der Waals surface area (Å²) >= 11 is 6.35. The van der Waals surface area contributed by atoms with Gasteiger partial charge in [-0.25, -0.2) is 0 Å². The Balaban J connectivity index is 1.50. The molecule has 6 nitrogen and oxygen atoms in total. The van der Waals surface area contributed by atoms with Gasteiger partial charge in [-0.15, -0.1) is 0 Å². The van der Waals surface area contributed by atoms with Gasteiger partial charge in [0, 0.05) is 26.2 Å². The molecule has 0 saturated carbocycles. The number of aromatic nitrogens is 2. The van der Waals surface area contributed by atoms with Crippen molar-refractivity contribution in [3.8, 4) is 5.69 Å². The SMILES string of the molecule is O=c1c(Cl)c(NCc2ccccc2CN2CCOCC2)cnn1-c1ccccc1. The van der Waals surface area contributed by atoms with Crippen LogP contribution in [0, 0.1) is 0 Å². The van der Waals surface area contributed by atoms with Crippen molar-refractivity contribution < 1.29 is 4.74 Å². The highest BCUT2D eigenvalue weighted by molar-refractivity contribution is 6.32. The highest BCUT2D eigenvalue weighted by atomic mass is 35.5. The van der Waals surface area contributed by atoms with Gasteiger partial charge in [-0.1, -0.05) is 54.1 Å². The Labute approximate surface area is 174 Å². The highest BCUT2D eigenvalue weighted by Crippen LogP contribution is 2.19. The van der Waals surface area contributed by atoms with Crippen LogP contribution in [0.2, 0.25) is 5.02 Å². The summed E-state index contributed by atoms with van der Waals surface area (Å²) in [7, 11) is 0. The van der Waals surface area contributed by atoms with Gasteiger partial charge < -0.3 is 10.1 Å². The largest absolute Gasteiger partial charge is 0.379 e. The van der Waals surface area contributed by atoms with Crippen molar-refractivity contribution in [1.29, 1.82) is 0 Å². The van der Waals surface area contributed by atoms with Crippen molar-refractivity contribution >= 4 is 17.3 Å². The van der Waals surface area contributed by atoms with Crippen molar-refractivity contribution in [2.45, 2.75) is 13.1 Å². The van der Waals surface area contributed by atoms with Crippen molar-refractivity contribution in [2.75, 3.05) is 31.6 Å². The van der Waals surface area contributed by atoms with Crippen LogP contribution in [-0.2, 0) is 17.8 Å². The van der Waals surface area contributed by atoms with E-state index in [9.17, 15) is 4.79 Å². The lowest BCUT2D eigenvalue weighted by molar-refractivity contribution is 0.0341. The number of anilines is 1. The molecule has 0 aliphatic carbocycles. The van der Waals surface area contributed by atoms with E-state index in [2.05, 4.69) is 33.5 Å². The first kappa shape index (κ1) is 19.6. The Morgan fingerprint density at radius 3 is 2.45 bits per heavy atom. The topological polar surface area (TPSA) is 59.4 Å². The predicted octanol–water partition coefficient (Wildman–Crippen LogP) is 3.33. The van der Waals surface area contributed by atoms with Gasteiger partial charge in [-0.2, -0.15) is 9.78 Å². The molecule has 0 bridgehead atoms. The van der Waals surface area contributed by atoms with Crippen LogP contribution in [0.25, 0.3) is 5.69 Å². The summed E-state index contributed by atoms with van der Waals surface area (Å²) in [6.45, 7) is 4.88. The van der Waals surface area contributed by atoms with Crippen LogP contribution < -0.4 is 10.9 Å². The zero-order chi connectivity index (χ0) is 20.1. The molecule has 29 heavy (non-hydrogen) atoms. The average Bonchev–Trinajstić information content (AvgIpc) is 2.77. The molecule has 4 rings (SSSR count). The van der Waals surface area contributed by atoms with Crippen molar-refractivity contribution in [1.82, 2.24) is 14.7 Å². The maximum atomic E-state index is 12.6. The Bertz CT molecular complexity index is 1020. The van der Waals surface area contributed by atoms with Crippen LogP contribution in [0.3, 0.4) is 0 Å². The Morgan fingerprint density at radius 2 is 1.69 bits per heavy atom. The number of morpholine rings is 1. The normalized spacial score (nSPS) is 14.7. The third-order valence-electron chi connectivity index (χ3n) is 5.01. The Hall–Kier alpha value is -2.67. The van der Waals surface area contributed by atoms with Gasteiger partial charge in [0.1, 0.15) is 5.02 Å². The molecule has 1 aromatic heterocycles. The minimum absolute atomic E-state index is 0.134. The van der Waals surface area contributed by atoms with Gasteiger partial charge in [0.15, 0.2) is 0 Å². The lowest BCUT2D eigenvalue weighted by Gasteiger charge is -2.27. The molecule has 1 saturated heterocycles. The monoisotopic (exact) mass is 410 g/mol. The second-order valence-corrected chi connectivity index (χ2v) is 7.31. The number of para-hydroxylation sites is 1. The van der Waals surface area contributed by atoms with E-state index < -0.39 is 0 Å². The van der Waals surface area contributed by atoms with Gasteiger partial charge in [-0.05, 0) is 23.3 Å². The van der Waals surface area contributed by atoms with E-state index >= 15 is 0 Å². The van der Waals surface area contributed by atoms with E-state index in [1.807, 2.05) is 36.4 Å². The lowest BCUT2D eigenvalue weighted by atomic mass is 10.1. The predicted molar refractivity (Wildman–Crippen MR) is 115 cm³/mol. The maximum Gasteiger partial charge on any atom is 0.292 e. The van der Waals surface area contributed by atoms with Crippen LogP contribution in [0.5, 0.6) is 0 Å². The third kappa shape index (κ3) is 4.67. The number of nitrogens with one attached hydrogen (secondary N) is 1. The minimum atomic E-state index is -0.343. The molecule has 0 spiro atoms. The van der Waals surface area contributed by atoms with E-state index in [4.69, 9.17) is 16.3 Å².